The summed E-state index contributed by atoms with van der Waals surface area (Å²) >= 11 is 0. The number of hydrogen-bond acceptors (Lipinski definition) is 3. The number of unbranched alkanes of at least 4 members (excludes halogenated alkanes) is 1. The number of rotatable bonds is 6. The fraction of sp³-hybridized carbons (Fsp3) is 0.440. The topological polar surface area (TPSA) is 67.1 Å². The molecule has 0 aliphatic heterocycles. The molecule has 2 aromatic rings. The maximum atomic E-state index is 13.1. The number of aryl methyl sites for hydroxylation is 2. The van der Waals surface area contributed by atoms with Gasteiger partial charge in [0.1, 0.15) is 11.6 Å². The van der Waals surface area contributed by atoms with Crippen LogP contribution in [-0.2, 0) is 0 Å². The maximum absolute atomic E-state index is 13.1. The van der Waals surface area contributed by atoms with Crippen molar-refractivity contribution >= 4 is 16.9 Å². The van der Waals surface area contributed by atoms with E-state index in [4.69, 9.17) is 5.73 Å². The quantitative estimate of drug-likeness (QED) is 0.381. The Bertz CT molecular complexity index is 881. The highest BCUT2D eigenvalue weighted by molar-refractivity contribution is 6.23. The minimum Gasteiger partial charge on any atom is -0.402 e. The van der Waals surface area contributed by atoms with Crippen molar-refractivity contribution in [3.05, 3.63) is 64.6 Å². The smallest absolute Gasteiger partial charge is 0.133 e. The Morgan fingerprint density at radius 3 is 2.06 bits per heavy atom. The number of hydrogen-bond donors (Lipinski definition) is 2. The fourth-order valence-electron chi connectivity index (χ4n) is 2.85. The van der Waals surface area contributed by atoms with E-state index in [1.54, 1.807) is 20.0 Å². The van der Waals surface area contributed by atoms with Gasteiger partial charge in [0, 0.05) is 29.1 Å². The second-order valence-electron chi connectivity index (χ2n) is 7.19. The van der Waals surface area contributed by atoms with Crippen molar-refractivity contribution in [1.29, 1.82) is 0 Å². The average Bonchev–Trinajstić information content (AvgIpc) is 3.08. The standard InChI is InChI=1S/C13H22N4.C10H10F2.C2H6/c1-5-6-7-15-11(4)12(10(3)14)13-9(2)8-16-17-13;1-6(2)10-8(11)4-7(3)5-9(10)12;1-2/h8H,5-7,14H2,1-4H3,(H,16,17);4-5H,1H2,2-3H3;1-2H3/b12-10+,15-11?;;. The third kappa shape index (κ3) is 8.87. The minimum atomic E-state index is -0.542. The zero-order valence-corrected chi connectivity index (χ0v) is 20.3. The van der Waals surface area contributed by atoms with Crippen molar-refractivity contribution in [3.8, 4) is 0 Å². The summed E-state index contributed by atoms with van der Waals surface area (Å²) in [5, 5.41) is 7.02. The molecule has 1 aromatic carbocycles. The lowest BCUT2D eigenvalue weighted by Crippen LogP contribution is -2.08. The van der Waals surface area contributed by atoms with E-state index in [1.807, 2.05) is 34.6 Å². The van der Waals surface area contributed by atoms with Crippen molar-refractivity contribution in [2.24, 2.45) is 10.7 Å². The van der Waals surface area contributed by atoms with E-state index in [-0.39, 0.29) is 5.56 Å². The zero-order chi connectivity index (χ0) is 24.1. The highest BCUT2D eigenvalue weighted by Crippen LogP contribution is 2.21. The van der Waals surface area contributed by atoms with E-state index in [1.165, 1.54) is 12.1 Å². The normalized spacial score (nSPS) is 11.6. The number of nitrogens with zero attached hydrogens (tertiary/aromatic N) is 2. The van der Waals surface area contributed by atoms with Crippen LogP contribution in [0.3, 0.4) is 0 Å². The molecule has 0 spiro atoms. The highest BCUT2D eigenvalue weighted by atomic mass is 19.1. The molecule has 1 heterocycles. The van der Waals surface area contributed by atoms with E-state index in [9.17, 15) is 8.78 Å². The Morgan fingerprint density at radius 1 is 1.13 bits per heavy atom. The molecule has 0 saturated heterocycles. The molecule has 6 heteroatoms. The summed E-state index contributed by atoms with van der Waals surface area (Å²) < 4.78 is 26.1. The lowest BCUT2D eigenvalue weighted by Gasteiger charge is -2.09. The summed E-state index contributed by atoms with van der Waals surface area (Å²) in [6, 6.07) is 2.60. The van der Waals surface area contributed by atoms with Gasteiger partial charge in [-0.25, -0.2) is 8.78 Å². The van der Waals surface area contributed by atoms with Crippen LogP contribution >= 0.6 is 0 Å². The van der Waals surface area contributed by atoms with Gasteiger partial charge in [-0.3, -0.25) is 10.1 Å². The Labute approximate surface area is 186 Å². The van der Waals surface area contributed by atoms with Crippen molar-refractivity contribution in [2.75, 3.05) is 6.54 Å². The third-order valence-electron chi connectivity index (χ3n) is 4.31. The third-order valence-corrected chi connectivity index (χ3v) is 4.31. The van der Waals surface area contributed by atoms with Gasteiger partial charge in [-0.2, -0.15) is 5.10 Å². The number of aliphatic imine (C=N–C) groups is 1. The lowest BCUT2D eigenvalue weighted by atomic mass is 10.0. The van der Waals surface area contributed by atoms with Gasteiger partial charge in [-0.1, -0.05) is 33.8 Å². The first-order valence-electron chi connectivity index (χ1n) is 10.7. The van der Waals surface area contributed by atoms with Crippen LogP contribution in [0, 0.1) is 25.5 Å². The summed E-state index contributed by atoms with van der Waals surface area (Å²) in [5.41, 5.74) is 11.7. The van der Waals surface area contributed by atoms with Crippen LogP contribution in [0.2, 0.25) is 0 Å². The fourth-order valence-corrected chi connectivity index (χ4v) is 2.85. The van der Waals surface area contributed by atoms with Crippen LogP contribution in [0.5, 0.6) is 0 Å². The summed E-state index contributed by atoms with van der Waals surface area (Å²) in [4.78, 5) is 4.56. The number of halogens is 2. The van der Waals surface area contributed by atoms with Gasteiger partial charge < -0.3 is 5.73 Å². The van der Waals surface area contributed by atoms with E-state index >= 15 is 0 Å². The molecule has 0 atom stereocenters. The molecule has 172 valence electrons. The number of aromatic amines is 1. The molecule has 1 aromatic heterocycles. The second-order valence-corrected chi connectivity index (χ2v) is 7.19. The molecule has 0 bridgehead atoms. The molecule has 31 heavy (non-hydrogen) atoms. The number of allylic oxidation sites excluding steroid dienone is 3. The number of benzene rings is 1. The van der Waals surface area contributed by atoms with Crippen molar-refractivity contribution in [1.82, 2.24) is 10.2 Å². The molecule has 0 aliphatic rings. The largest absolute Gasteiger partial charge is 0.402 e. The van der Waals surface area contributed by atoms with Crippen molar-refractivity contribution in [2.45, 2.75) is 68.2 Å². The predicted octanol–water partition coefficient (Wildman–Crippen LogP) is 7.00. The first-order valence-corrected chi connectivity index (χ1v) is 10.7. The van der Waals surface area contributed by atoms with Gasteiger partial charge in [-0.05, 0) is 69.9 Å². The molecule has 0 amide bonds. The van der Waals surface area contributed by atoms with E-state index < -0.39 is 11.6 Å². The second kappa shape index (κ2) is 14.3. The van der Waals surface area contributed by atoms with Crippen LogP contribution in [-0.4, -0.2) is 22.5 Å². The molecule has 3 N–H and O–H groups in total. The summed E-state index contributed by atoms with van der Waals surface area (Å²) in [5.74, 6) is -1.08. The van der Waals surface area contributed by atoms with Crippen LogP contribution in [0.15, 0.2) is 35.6 Å². The summed E-state index contributed by atoms with van der Waals surface area (Å²) in [6.07, 6.45) is 4.06. The number of nitrogens with two attached hydrogens (primary N) is 1. The molecule has 0 saturated carbocycles. The SMILES string of the molecule is C=C(C)c1c(F)cc(C)cc1F.CC.CCCCN=C(C)/C(=C(/C)N)c1[nH]ncc1C. The molecule has 0 radical (unpaired) electrons. The minimum absolute atomic E-state index is 0.0133. The molecular weight excluding hydrogens is 394 g/mol. The van der Waals surface area contributed by atoms with Crippen LogP contribution < -0.4 is 5.73 Å². The van der Waals surface area contributed by atoms with Gasteiger partial charge in [0.25, 0.3) is 0 Å². The summed E-state index contributed by atoms with van der Waals surface area (Å²) in [7, 11) is 0. The van der Waals surface area contributed by atoms with Gasteiger partial charge in [-0.15, -0.1) is 0 Å². The van der Waals surface area contributed by atoms with E-state index in [0.717, 1.165) is 47.6 Å². The number of H-pyrrole nitrogens is 1. The molecule has 4 nitrogen and oxygen atoms in total. The summed E-state index contributed by atoms with van der Waals surface area (Å²) in [6.45, 7) is 19.7. The van der Waals surface area contributed by atoms with Gasteiger partial charge >= 0.3 is 0 Å². The van der Waals surface area contributed by atoms with Gasteiger partial charge in [0.2, 0.25) is 0 Å². The molecule has 0 fully saturated rings. The van der Waals surface area contributed by atoms with Crippen molar-refractivity contribution < 1.29 is 8.78 Å². The number of nitrogens with one attached hydrogen (secondary N) is 1. The van der Waals surface area contributed by atoms with E-state index in [0.29, 0.717) is 11.1 Å². The first kappa shape index (κ1) is 28.2. The first-order chi connectivity index (χ1) is 14.6. The monoisotopic (exact) mass is 432 g/mol. The average molecular weight is 433 g/mol. The zero-order valence-electron chi connectivity index (χ0n) is 20.3. The Morgan fingerprint density at radius 2 is 1.68 bits per heavy atom. The molecular formula is C25H38F2N4. The highest BCUT2D eigenvalue weighted by Gasteiger charge is 2.12. The van der Waals surface area contributed by atoms with Crippen LogP contribution in [0.1, 0.15) is 76.8 Å². The molecule has 2 rings (SSSR count). The van der Waals surface area contributed by atoms with E-state index in [2.05, 4.69) is 28.7 Å². The maximum Gasteiger partial charge on any atom is 0.133 e. The van der Waals surface area contributed by atoms with Crippen LogP contribution in [0.4, 0.5) is 8.78 Å². The lowest BCUT2D eigenvalue weighted by molar-refractivity contribution is 0.575. The van der Waals surface area contributed by atoms with Gasteiger partial charge in [0.15, 0.2) is 0 Å². The Balaban J connectivity index is 0.000000564. The molecule has 0 aliphatic carbocycles. The molecule has 0 unspecified atom stereocenters. The Hall–Kier alpha value is -2.76. The van der Waals surface area contributed by atoms with Gasteiger partial charge in [0.05, 0.1) is 11.9 Å². The van der Waals surface area contributed by atoms with Crippen molar-refractivity contribution in [3.63, 3.8) is 0 Å². The number of aromatic nitrogens is 2. The Kier molecular flexibility index (Phi) is 13.0. The van der Waals surface area contributed by atoms with Crippen LogP contribution in [0.25, 0.3) is 11.1 Å². The predicted molar refractivity (Wildman–Crippen MR) is 130 cm³/mol.